The van der Waals surface area contributed by atoms with Crippen molar-refractivity contribution in [1.29, 1.82) is 0 Å². The number of carbonyl (C=O) groups excluding carboxylic acids is 2. The maximum Gasteiger partial charge on any atom is 0.282 e. The molecule has 0 radical (unpaired) electrons. The molecule has 0 spiro atoms. The number of nitrogens with zero attached hydrogens (tertiary/aromatic N) is 2. The van der Waals surface area contributed by atoms with Crippen molar-refractivity contribution in [2.75, 3.05) is 25.1 Å². The van der Waals surface area contributed by atoms with Crippen LogP contribution in [0.1, 0.15) is 16.7 Å². The van der Waals surface area contributed by atoms with Gasteiger partial charge in [-0.25, -0.2) is 13.7 Å². The fourth-order valence-electron chi connectivity index (χ4n) is 3.15. The largest absolute Gasteiger partial charge is 0.395 e. The summed E-state index contributed by atoms with van der Waals surface area (Å²) < 4.78 is 27.0. The van der Waals surface area contributed by atoms with E-state index in [1.54, 1.807) is 19.2 Å². The Balaban J connectivity index is 2.16. The lowest BCUT2D eigenvalue weighted by atomic mass is 9.99. The molecule has 0 fully saturated rings. The number of benzene rings is 2. The third-order valence-electron chi connectivity index (χ3n) is 4.83. The van der Waals surface area contributed by atoms with Crippen LogP contribution < -0.4 is 4.90 Å². The zero-order valence-electron chi connectivity index (χ0n) is 15.8. The highest BCUT2D eigenvalue weighted by Crippen LogP contribution is 2.35. The molecule has 1 aliphatic rings. The average molecular weight is 386 g/mol. The van der Waals surface area contributed by atoms with Gasteiger partial charge in [0.25, 0.3) is 11.8 Å². The summed E-state index contributed by atoms with van der Waals surface area (Å²) in [7, 11) is 1.59. The van der Waals surface area contributed by atoms with Gasteiger partial charge in [0.1, 0.15) is 5.70 Å². The van der Waals surface area contributed by atoms with Gasteiger partial charge in [0.15, 0.2) is 11.6 Å². The summed E-state index contributed by atoms with van der Waals surface area (Å²) in [6.45, 7) is 3.74. The number of aliphatic hydroxyl groups is 1. The minimum atomic E-state index is -1.15. The second-order valence-corrected chi connectivity index (χ2v) is 6.71. The number of amides is 2. The first-order valence-electron chi connectivity index (χ1n) is 8.74. The van der Waals surface area contributed by atoms with Crippen molar-refractivity contribution in [2.45, 2.75) is 13.8 Å². The number of rotatable bonds is 5. The van der Waals surface area contributed by atoms with Gasteiger partial charge in [-0.1, -0.05) is 18.2 Å². The molecule has 0 aliphatic carbocycles. The zero-order chi connectivity index (χ0) is 20.6. The van der Waals surface area contributed by atoms with Gasteiger partial charge in [-0.05, 0) is 42.7 Å². The molecule has 3 rings (SSSR count). The predicted octanol–water partition coefficient (Wildman–Crippen LogP) is 2.79. The van der Waals surface area contributed by atoms with Crippen molar-refractivity contribution in [3.05, 3.63) is 70.4 Å². The summed E-state index contributed by atoms with van der Waals surface area (Å²) in [5.74, 6) is -3.50. The van der Waals surface area contributed by atoms with Crippen LogP contribution >= 0.6 is 0 Å². The number of hydrogen-bond acceptors (Lipinski definition) is 4. The van der Waals surface area contributed by atoms with Gasteiger partial charge in [-0.15, -0.1) is 0 Å². The molecule has 5 nitrogen and oxygen atoms in total. The van der Waals surface area contributed by atoms with Crippen molar-refractivity contribution >= 4 is 23.1 Å². The van der Waals surface area contributed by atoms with Gasteiger partial charge in [-0.2, -0.15) is 0 Å². The normalized spacial score (nSPS) is 14.3. The molecule has 0 unspecified atom stereocenters. The van der Waals surface area contributed by atoms with Crippen molar-refractivity contribution in [3.8, 4) is 0 Å². The Bertz CT molecular complexity index is 1000. The molecule has 0 atom stereocenters. The lowest BCUT2D eigenvalue weighted by Gasteiger charge is -2.20. The van der Waals surface area contributed by atoms with E-state index in [1.165, 1.54) is 11.0 Å². The minimum absolute atomic E-state index is 0.0531. The number of aryl methyl sites for hydroxylation is 2. The molecule has 0 saturated carbocycles. The summed E-state index contributed by atoms with van der Waals surface area (Å²) in [5, 5.41) is 9.27. The second kappa shape index (κ2) is 7.52. The first-order valence-corrected chi connectivity index (χ1v) is 8.74. The van der Waals surface area contributed by atoms with E-state index < -0.39 is 23.4 Å². The van der Waals surface area contributed by atoms with Crippen LogP contribution in [0.25, 0.3) is 5.57 Å². The van der Waals surface area contributed by atoms with Crippen LogP contribution in [0, 0.1) is 25.5 Å². The Morgan fingerprint density at radius 2 is 1.68 bits per heavy atom. The number of anilines is 1. The number of aliphatic hydroxyl groups excluding tert-OH is 1. The van der Waals surface area contributed by atoms with E-state index in [0.29, 0.717) is 5.56 Å². The van der Waals surface area contributed by atoms with Gasteiger partial charge in [0.2, 0.25) is 0 Å². The van der Waals surface area contributed by atoms with Crippen molar-refractivity contribution in [3.63, 3.8) is 0 Å². The quantitative estimate of drug-likeness (QED) is 0.803. The molecule has 0 aromatic heterocycles. The summed E-state index contributed by atoms with van der Waals surface area (Å²) in [6.07, 6.45) is 0. The molecule has 0 saturated heterocycles. The van der Waals surface area contributed by atoms with Crippen LogP contribution in [-0.2, 0) is 9.59 Å². The molecular formula is C21H20F2N2O3. The second-order valence-electron chi connectivity index (χ2n) is 6.71. The third-order valence-corrected chi connectivity index (χ3v) is 4.83. The average Bonchev–Trinajstić information content (AvgIpc) is 2.91. The Hall–Kier alpha value is -3.06. The standard InChI is InChI=1S/C21H20F2N2O3/c1-12-4-5-14(10-13(12)2)18-19(24(3)8-9-26)21(28)25(20(18)27)15-6-7-16(22)17(23)11-15/h4-7,10-11,26H,8-9H2,1-3H3. The molecular weight excluding hydrogens is 366 g/mol. The minimum Gasteiger partial charge on any atom is -0.395 e. The molecule has 2 aromatic rings. The smallest absolute Gasteiger partial charge is 0.282 e. The fraction of sp³-hybridized carbons (Fsp3) is 0.238. The third kappa shape index (κ3) is 3.29. The van der Waals surface area contributed by atoms with Crippen molar-refractivity contribution < 1.29 is 23.5 Å². The first-order chi connectivity index (χ1) is 13.3. The van der Waals surface area contributed by atoms with E-state index in [1.807, 2.05) is 19.9 Å². The fourth-order valence-corrected chi connectivity index (χ4v) is 3.15. The topological polar surface area (TPSA) is 60.9 Å². The first kappa shape index (κ1) is 19.7. The van der Waals surface area contributed by atoms with E-state index in [9.17, 15) is 23.5 Å². The number of imide groups is 1. The Kier molecular flexibility index (Phi) is 5.29. The molecule has 7 heteroatoms. The summed E-state index contributed by atoms with van der Waals surface area (Å²) >= 11 is 0. The van der Waals surface area contributed by atoms with Crippen molar-refractivity contribution in [1.82, 2.24) is 4.90 Å². The lowest BCUT2D eigenvalue weighted by molar-refractivity contribution is -0.120. The summed E-state index contributed by atoms with van der Waals surface area (Å²) in [6, 6.07) is 8.26. The zero-order valence-corrected chi connectivity index (χ0v) is 15.8. The lowest BCUT2D eigenvalue weighted by Crippen LogP contribution is -2.35. The van der Waals surface area contributed by atoms with Crippen LogP contribution in [-0.4, -0.2) is 42.0 Å². The van der Waals surface area contributed by atoms with E-state index in [4.69, 9.17) is 0 Å². The van der Waals surface area contributed by atoms with E-state index in [2.05, 4.69) is 0 Å². The van der Waals surface area contributed by atoms with E-state index in [-0.39, 0.29) is 30.1 Å². The Labute approximate surface area is 161 Å². The van der Waals surface area contributed by atoms with Gasteiger partial charge in [0.05, 0.1) is 17.9 Å². The number of halogens is 2. The summed E-state index contributed by atoms with van der Waals surface area (Å²) in [5.41, 5.74) is 2.74. The van der Waals surface area contributed by atoms with Crippen molar-refractivity contribution in [2.24, 2.45) is 0 Å². The maximum atomic E-state index is 13.7. The monoisotopic (exact) mass is 386 g/mol. The predicted molar refractivity (Wildman–Crippen MR) is 101 cm³/mol. The Morgan fingerprint density at radius 3 is 2.29 bits per heavy atom. The molecule has 28 heavy (non-hydrogen) atoms. The molecule has 1 aliphatic heterocycles. The molecule has 2 aromatic carbocycles. The molecule has 1 N–H and O–H groups in total. The van der Waals surface area contributed by atoms with Crippen LogP contribution in [0.15, 0.2) is 42.1 Å². The summed E-state index contributed by atoms with van der Waals surface area (Å²) in [4.78, 5) is 28.6. The highest BCUT2D eigenvalue weighted by Gasteiger charge is 2.41. The van der Waals surface area contributed by atoms with Gasteiger partial charge < -0.3 is 10.0 Å². The van der Waals surface area contributed by atoms with Gasteiger partial charge >= 0.3 is 0 Å². The van der Waals surface area contributed by atoms with Gasteiger partial charge in [0, 0.05) is 19.7 Å². The molecule has 2 amide bonds. The SMILES string of the molecule is Cc1ccc(C2=C(N(C)CCO)C(=O)N(c3ccc(F)c(F)c3)C2=O)cc1C. The van der Waals surface area contributed by atoms with Crippen LogP contribution in [0.5, 0.6) is 0 Å². The van der Waals surface area contributed by atoms with Gasteiger partial charge in [-0.3, -0.25) is 9.59 Å². The number of carbonyl (C=O) groups is 2. The highest BCUT2D eigenvalue weighted by atomic mass is 19.2. The van der Waals surface area contributed by atoms with Crippen LogP contribution in [0.4, 0.5) is 14.5 Å². The van der Waals surface area contributed by atoms with Crippen LogP contribution in [0.2, 0.25) is 0 Å². The maximum absolute atomic E-state index is 13.7. The number of hydrogen-bond donors (Lipinski definition) is 1. The van der Waals surface area contributed by atoms with E-state index in [0.717, 1.165) is 28.2 Å². The highest BCUT2D eigenvalue weighted by molar-refractivity contribution is 6.45. The van der Waals surface area contributed by atoms with E-state index >= 15 is 0 Å². The molecule has 0 bridgehead atoms. The number of likely N-dealkylation sites (N-methyl/N-ethyl adjacent to an activating group) is 1. The van der Waals surface area contributed by atoms with Crippen LogP contribution in [0.3, 0.4) is 0 Å². The Morgan fingerprint density at radius 1 is 0.964 bits per heavy atom. The molecule has 146 valence electrons. The molecule has 1 heterocycles.